The van der Waals surface area contributed by atoms with Gasteiger partial charge in [0.25, 0.3) is 0 Å². The summed E-state index contributed by atoms with van der Waals surface area (Å²) in [5.74, 6) is 1.76. The van der Waals surface area contributed by atoms with Crippen molar-refractivity contribution in [3.63, 3.8) is 0 Å². The lowest BCUT2D eigenvalue weighted by atomic mass is 10.1. The van der Waals surface area contributed by atoms with E-state index in [9.17, 15) is 4.39 Å². The smallest absolute Gasteiger partial charge is 0.213 e. The molecule has 0 atom stereocenters. The van der Waals surface area contributed by atoms with E-state index in [1.807, 2.05) is 54.6 Å². The Hall–Kier alpha value is -3.77. The molecule has 0 bridgehead atoms. The molecule has 1 saturated heterocycles. The van der Waals surface area contributed by atoms with Gasteiger partial charge in [-0.1, -0.05) is 30.3 Å². The molecule has 32 heavy (non-hydrogen) atoms. The van der Waals surface area contributed by atoms with Crippen LogP contribution < -0.4 is 9.47 Å². The maximum Gasteiger partial charge on any atom is 0.213 e. The molecule has 0 N–H and O–H groups in total. The monoisotopic (exact) mass is 427 g/mol. The molecule has 0 unspecified atom stereocenters. The predicted molar refractivity (Wildman–Crippen MR) is 120 cm³/mol. The van der Waals surface area contributed by atoms with E-state index in [2.05, 4.69) is 27.0 Å². The molecular weight excluding hydrogens is 405 g/mol. The summed E-state index contributed by atoms with van der Waals surface area (Å²) < 4.78 is 24.8. The number of rotatable bonds is 7. The zero-order valence-electron chi connectivity index (χ0n) is 17.4. The van der Waals surface area contributed by atoms with Crippen LogP contribution in [0.3, 0.4) is 0 Å². The number of para-hydroxylation sites is 1. The first-order valence-corrected chi connectivity index (χ1v) is 10.5. The zero-order chi connectivity index (χ0) is 21.8. The van der Waals surface area contributed by atoms with Crippen molar-refractivity contribution in [3.8, 4) is 28.5 Å². The molecule has 5 nitrogen and oxygen atoms in total. The van der Waals surface area contributed by atoms with Gasteiger partial charge in [-0.15, -0.1) is 0 Å². The van der Waals surface area contributed by atoms with Gasteiger partial charge in [-0.25, -0.2) is 9.97 Å². The molecule has 3 heterocycles. The fourth-order valence-electron chi connectivity index (χ4n) is 3.61. The van der Waals surface area contributed by atoms with Crippen LogP contribution in [-0.4, -0.2) is 34.1 Å². The second-order valence-electron chi connectivity index (χ2n) is 7.75. The van der Waals surface area contributed by atoms with Crippen LogP contribution >= 0.6 is 0 Å². The number of benzene rings is 2. The Balaban J connectivity index is 1.09. The van der Waals surface area contributed by atoms with Crippen LogP contribution in [0, 0.1) is 5.95 Å². The van der Waals surface area contributed by atoms with Crippen molar-refractivity contribution in [2.75, 3.05) is 13.1 Å². The van der Waals surface area contributed by atoms with E-state index in [0.29, 0.717) is 5.88 Å². The average Bonchev–Trinajstić information content (AvgIpc) is 2.80. The summed E-state index contributed by atoms with van der Waals surface area (Å²) in [5.41, 5.74) is 2.93. The van der Waals surface area contributed by atoms with Crippen LogP contribution in [0.4, 0.5) is 4.39 Å². The van der Waals surface area contributed by atoms with Gasteiger partial charge in [-0.2, -0.15) is 4.39 Å². The normalized spacial score (nSPS) is 14.0. The van der Waals surface area contributed by atoms with Gasteiger partial charge in [0, 0.05) is 49.2 Å². The molecule has 2 aromatic carbocycles. The summed E-state index contributed by atoms with van der Waals surface area (Å²) in [6, 6.07) is 24.7. The Kier molecular flexibility index (Phi) is 5.77. The first-order valence-electron chi connectivity index (χ1n) is 10.5. The van der Waals surface area contributed by atoms with Crippen molar-refractivity contribution in [3.05, 3.63) is 103 Å². The largest absolute Gasteiger partial charge is 0.472 e. The Morgan fingerprint density at radius 3 is 2.12 bits per heavy atom. The van der Waals surface area contributed by atoms with E-state index < -0.39 is 5.95 Å². The molecule has 0 saturated carbocycles. The highest BCUT2D eigenvalue weighted by molar-refractivity contribution is 5.61. The summed E-state index contributed by atoms with van der Waals surface area (Å²) >= 11 is 0. The highest BCUT2D eigenvalue weighted by Crippen LogP contribution is 2.24. The molecule has 5 rings (SSSR count). The first-order chi connectivity index (χ1) is 15.7. The topological polar surface area (TPSA) is 47.5 Å². The van der Waals surface area contributed by atoms with E-state index in [1.54, 1.807) is 12.3 Å². The Labute approximate surface area is 186 Å². The van der Waals surface area contributed by atoms with Gasteiger partial charge in [0.15, 0.2) is 0 Å². The lowest BCUT2D eigenvalue weighted by Crippen LogP contribution is -2.53. The van der Waals surface area contributed by atoms with E-state index in [0.717, 1.165) is 42.3 Å². The summed E-state index contributed by atoms with van der Waals surface area (Å²) in [5, 5.41) is 0. The van der Waals surface area contributed by atoms with Crippen molar-refractivity contribution in [1.82, 2.24) is 14.9 Å². The predicted octanol–water partition coefficient (Wildman–Crippen LogP) is 5.34. The third-order valence-corrected chi connectivity index (χ3v) is 5.32. The lowest BCUT2D eigenvalue weighted by Gasteiger charge is -2.38. The number of hydrogen-bond acceptors (Lipinski definition) is 5. The molecule has 6 heteroatoms. The minimum Gasteiger partial charge on any atom is -0.472 e. The Bertz CT molecular complexity index is 1140. The summed E-state index contributed by atoms with van der Waals surface area (Å²) in [4.78, 5) is 10.4. The molecule has 1 aliphatic heterocycles. The van der Waals surface area contributed by atoms with E-state index in [4.69, 9.17) is 9.47 Å². The molecule has 0 radical (unpaired) electrons. The highest BCUT2D eigenvalue weighted by atomic mass is 19.1. The van der Waals surface area contributed by atoms with Crippen LogP contribution in [0.1, 0.15) is 5.56 Å². The number of aromatic nitrogens is 2. The van der Waals surface area contributed by atoms with Crippen LogP contribution in [0.25, 0.3) is 11.1 Å². The Morgan fingerprint density at radius 1 is 0.781 bits per heavy atom. The van der Waals surface area contributed by atoms with E-state index in [-0.39, 0.29) is 6.10 Å². The number of halogens is 1. The van der Waals surface area contributed by atoms with Gasteiger partial charge in [-0.05, 0) is 48.0 Å². The molecule has 0 spiro atoms. The molecule has 160 valence electrons. The number of ether oxygens (including phenoxy) is 2. The highest BCUT2D eigenvalue weighted by Gasteiger charge is 2.28. The van der Waals surface area contributed by atoms with Crippen molar-refractivity contribution >= 4 is 0 Å². The molecule has 1 fully saturated rings. The zero-order valence-corrected chi connectivity index (χ0v) is 17.4. The second kappa shape index (κ2) is 9.16. The maximum absolute atomic E-state index is 13.0. The molecule has 2 aromatic heterocycles. The van der Waals surface area contributed by atoms with Crippen LogP contribution in [0.15, 0.2) is 91.3 Å². The number of likely N-dealkylation sites (tertiary alicyclic amines) is 1. The van der Waals surface area contributed by atoms with Crippen molar-refractivity contribution in [2.24, 2.45) is 0 Å². The first kappa shape index (κ1) is 20.2. The number of nitrogens with zero attached hydrogens (tertiary/aromatic N) is 3. The van der Waals surface area contributed by atoms with Crippen molar-refractivity contribution in [1.29, 1.82) is 0 Å². The van der Waals surface area contributed by atoms with Crippen LogP contribution in [-0.2, 0) is 6.54 Å². The van der Waals surface area contributed by atoms with Crippen molar-refractivity contribution < 1.29 is 13.9 Å². The summed E-state index contributed by atoms with van der Waals surface area (Å²) in [7, 11) is 0. The third-order valence-electron chi connectivity index (χ3n) is 5.32. The molecule has 0 amide bonds. The number of pyridine rings is 2. The van der Waals surface area contributed by atoms with E-state index >= 15 is 0 Å². The summed E-state index contributed by atoms with van der Waals surface area (Å²) in [6.07, 6.45) is 3.35. The van der Waals surface area contributed by atoms with Crippen LogP contribution in [0.5, 0.6) is 17.4 Å². The number of hydrogen-bond donors (Lipinski definition) is 0. The van der Waals surface area contributed by atoms with Gasteiger partial charge in [0.1, 0.15) is 17.6 Å². The third kappa shape index (κ3) is 4.92. The molecule has 1 aliphatic rings. The SMILES string of the molecule is Fc1ccc(-c2ccc(OC3CN(Cc4ccc(Oc5ccccc5)cc4)C3)nc2)cn1. The second-order valence-corrected chi connectivity index (χ2v) is 7.75. The average molecular weight is 427 g/mol. The molecule has 0 aliphatic carbocycles. The maximum atomic E-state index is 13.0. The van der Waals surface area contributed by atoms with E-state index in [1.165, 1.54) is 17.8 Å². The van der Waals surface area contributed by atoms with Gasteiger partial charge in [0.05, 0.1) is 0 Å². The lowest BCUT2D eigenvalue weighted by molar-refractivity contribution is 0.0118. The minimum absolute atomic E-state index is 0.126. The minimum atomic E-state index is -0.493. The van der Waals surface area contributed by atoms with Gasteiger partial charge >= 0.3 is 0 Å². The van der Waals surface area contributed by atoms with Crippen LogP contribution in [0.2, 0.25) is 0 Å². The molecular formula is C26H22FN3O2. The fourth-order valence-corrected chi connectivity index (χ4v) is 3.61. The quantitative estimate of drug-likeness (QED) is 0.373. The summed E-state index contributed by atoms with van der Waals surface area (Å²) in [6.45, 7) is 2.58. The fraction of sp³-hybridized carbons (Fsp3) is 0.154. The Morgan fingerprint density at radius 2 is 1.47 bits per heavy atom. The van der Waals surface area contributed by atoms with Crippen molar-refractivity contribution in [2.45, 2.75) is 12.6 Å². The van der Waals surface area contributed by atoms with Gasteiger partial charge in [-0.3, -0.25) is 4.90 Å². The molecule has 4 aromatic rings. The van der Waals surface area contributed by atoms with Gasteiger partial charge < -0.3 is 9.47 Å². The standard InChI is InChI=1S/C26H22FN3O2/c27-25-12-8-20(14-28-25)21-9-13-26(29-15-21)32-24-17-30(18-24)16-19-6-10-23(11-7-19)31-22-4-2-1-3-5-22/h1-15,24H,16-18H2. The van der Waals surface area contributed by atoms with Gasteiger partial charge in [0.2, 0.25) is 11.8 Å².